The van der Waals surface area contributed by atoms with Crippen LogP contribution >= 0.6 is 11.3 Å². The predicted molar refractivity (Wildman–Crippen MR) is 123 cm³/mol. The third-order valence-electron chi connectivity index (χ3n) is 6.06. The zero-order valence-electron chi connectivity index (χ0n) is 17.2. The van der Waals surface area contributed by atoms with E-state index in [1.165, 1.54) is 16.0 Å². The molecule has 5 aromatic rings. The van der Waals surface area contributed by atoms with Crippen molar-refractivity contribution in [1.29, 1.82) is 0 Å². The van der Waals surface area contributed by atoms with Gasteiger partial charge < -0.3 is 4.74 Å². The SMILES string of the molecule is COc1ccccc1[C@@H]1CC(=O)c2cnc3[nH]n(-c4nc5ccccc5s4)c(=O)c3c2C1. The van der Waals surface area contributed by atoms with Gasteiger partial charge in [0.05, 0.1) is 22.7 Å². The van der Waals surface area contributed by atoms with Crippen LogP contribution in [0, 0.1) is 0 Å². The van der Waals surface area contributed by atoms with Crippen LogP contribution in [0.15, 0.2) is 59.5 Å². The lowest BCUT2D eigenvalue weighted by Gasteiger charge is -2.25. The molecule has 0 aliphatic heterocycles. The molecule has 1 N–H and O–H groups in total. The number of ketones is 1. The van der Waals surface area contributed by atoms with Gasteiger partial charge >= 0.3 is 0 Å². The minimum absolute atomic E-state index is 0.0105. The summed E-state index contributed by atoms with van der Waals surface area (Å²) in [7, 11) is 1.63. The standard InChI is InChI=1S/C24H18N4O3S/c1-31-19-8-4-2-6-14(19)13-10-15-16(18(29)11-13)12-25-22-21(15)23(30)28(27-22)24-26-17-7-3-5-9-20(17)32-24/h2-9,12-13H,10-11H2,1H3,(H,25,27)/t13-/m0/s1. The van der Waals surface area contributed by atoms with Crippen molar-refractivity contribution in [2.45, 2.75) is 18.8 Å². The fourth-order valence-electron chi connectivity index (χ4n) is 4.55. The van der Waals surface area contributed by atoms with E-state index in [1.54, 1.807) is 13.3 Å². The number of hydrogen-bond donors (Lipinski definition) is 1. The molecule has 6 rings (SSSR count). The number of carbonyl (C=O) groups excluding carboxylic acids is 1. The second-order valence-electron chi connectivity index (χ2n) is 7.86. The molecule has 8 heteroatoms. The number of para-hydroxylation sites is 2. The summed E-state index contributed by atoms with van der Waals surface area (Å²) < 4.78 is 7.95. The molecule has 3 heterocycles. The number of pyridine rings is 1. The number of aromatic amines is 1. The van der Waals surface area contributed by atoms with E-state index in [1.807, 2.05) is 48.5 Å². The number of fused-ring (bicyclic) bond motifs is 4. The fraction of sp³-hybridized carbons (Fsp3) is 0.167. The Balaban J connectivity index is 1.52. The molecule has 0 amide bonds. The largest absolute Gasteiger partial charge is 0.496 e. The summed E-state index contributed by atoms with van der Waals surface area (Å²) in [5, 5.41) is 4.09. The van der Waals surface area contributed by atoms with Crippen molar-refractivity contribution in [2.75, 3.05) is 7.11 Å². The Kier molecular flexibility index (Phi) is 4.22. The van der Waals surface area contributed by atoms with Crippen molar-refractivity contribution < 1.29 is 9.53 Å². The van der Waals surface area contributed by atoms with Crippen LogP contribution < -0.4 is 10.3 Å². The fourth-order valence-corrected chi connectivity index (χ4v) is 5.48. The highest BCUT2D eigenvalue weighted by atomic mass is 32.1. The van der Waals surface area contributed by atoms with E-state index in [-0.39, 0.29) is 17.3 Å². The number of hydrogen-bond acceptors (Lipinski definition) is 6. The van der Waals surface area contributed by atoms with Crippen molar-refractivity contribution in [2.24, 2.45) is 0 Å². The van der Waals surface area contributed by atoms with Crippen molar-refractivity contribution in [3.8, 4) is 10.9 Å². The first kappa shape index (κ1) is 18.9. The van der Waals surface area contributed by atoms with Crippen molar-refractivity contribution >= 4 is 38.4 Å². The number of methoxy groups -OCH3 is 1. The van der Waals surface area contributed by atoms with Crippen LogP contribution in [0.5, 0.6) is 5.75 Å². The molecule has 0 radical (unpaired) electrons. The van der Waals surface area contributed by atoms with Crippen LogP contribution in [0.3, 0.4) is 0 Å². The van der Waals surface area contributed by atoms with E-state index >= 15 is 0 Å². The molecule has 1 aliphatic carbocycles. The normalized spacial score (nSPS) is 15.9. The van der Waals surface area contributed by atoms with E-state index in [4.69, 9.17) is 4.74 Å². The lowest BCUT2D eigenvalue weighted by atomic mass is 9.79. The van der Waals surface area contributed by atoms with Gasteiger partial charge in [0.1, 0.15) is 5.75 Å². The van der Waals surface area contributed by atoms with E-state index in [2.05, 4.69) is 15.1 Å². The molecule has 0 spiro atoms. The third kappa shape index (κ3) is 2.80. The quantitative estimate of drug-likeness (QED) is 0.451. The molecule has 0 saturated carbocycles. The van der Waals surface area contributed by atoms with Crippen LogP contribution in [0.2, 0.25) is 0 Å². The van der Waals surface area contributed by atoms with Crippen LogP contribution in [0.1, 0.15) is 33.8 Å². The van der Waals surface area contributed by atoms with E-state index in [0.29, 0.717) is 34.6 Å². The van der Waals surface area contributed by atoms with Crippen LogP contribution in [0.4, 0.5) is 0 Å². The highest BCUT2D eigenvalue weighted by molar-refractivity contribution is 7.20. The maximum absolute atomic E-state index is 13.5. The number of Topliss-reactive ketones (excluding diaryl/α,β-unsaturated/α-hetero) is 1. The van der Waals surface area contributed by atoms with Gasteiger partial charge in [-0.25, -0.2) is 9.97 Å². The Morgan fingerprint density at radius 2 is 1.91 bits per heavy atom. The number of nitrogens with one attached hydrogen (secondary N) is 1. The molecule has 2 aromatic carbocycles. The molecule has 0 saturated heterocycles. The molecule has 7 nitrogen and oxygen atoms in total. The zero-order chi connectivity index (χ0) is 21.8. The van der Waals surface area contributed by atoms with E-state index < -0.39 is 0 Å². The van der Waals surface area contributed by atoms with Gasteiger partial charge in [-0.1, -0.05) is 41.7 Å². The first-order valence-electron chi connectivity index (χ1n) is 10.3. The summed E-state index contributed by atoms with van der Waals surface area (Å²) in [6.07, 6.45) is 2.50. The number of aromatic nitrogens is 4. The molecule has 0 unspecified atom stereocenters. The monoisotopic (exact) mass is 442 g/mol. The maximum atomic E-state index is 13.5. The number of rotatable bonds is 3. The molecule has 158 valence electrons. The molecular formula is C24H18N4O3S. The minimum atomic E-state index is -0.239. The summed E-state index contributed by atoms with van der Waals surface area (Å²) in [5.41, 5.74) is 3.29. The Morgan fingerprint density at radius 1 is 1.09 bits per heavy atom. The van der Waals surface area contributed by atoms with E-state index in [0.717, 1.165) is 27.1 Å². The minimum Gasteiger partial charge on any atom is -0.496 e. The number of benzene rings is 2. The van der Waals surface area contributed by atoms with Crippen LogP contribution in [-0.2, 0) is 6.42 Å². The average Bonchev–Trinajstić information content (AvgIpc) is 3.40. The average molecular weight is 443 g/mol. The predicted octanol–water partition coefficient (Wildman–Crippen LogP) is 4.24. The molecule has 1 atom stereocenters. The van der Waals surface area contributed by atoms with Crippen LogP contribution in [-0.4, -0.2) is 32.6 Å². The van der Waals surface area contributed by atoms with Gasteiger partial charge in [0.2, 0.25) is 5.13 Å². The van der Waals surface area contributed by atoms with Crippen LogP contribution in [0.25, 0.3) is 26.4 Å². The second kappa shape index (κ2) is 7.13. The van der Waals surface area contributed by atoms with Crippen molar-refractivity contribution in [3.05, 3.63) is 81.8 Å². The summed E-state index contributed by atoms with van der Waals surface area (Å²) in [5.74, 6) is 0.672. The van der Waals surface area contributed by atoms with Gasteiger partial charge in [0.15, 0.2) is 11.4 Å². The third-order valence-corrected chi connectivity index (χ3v) is 7.08. The summed E-state index contributed by atoms with van der Waals surface area (Å²) in [6.45, 7) is 0. The molecule has 1 aliphatic rings. The summed E-state index contributed by atoms with van der Waals surface area (Å²) >= 11 is 1.43. The number of ether oxygens (including phenoxy) is 1. The number of carbonyl (C=O) groups is 1. The molecular weight excluding hydrogens is 424 g/mol. The van der Waals surface area contributed by atoms with Gasteiger partial charge in [0.25, 0.3) is 5.56 Å². The summed E-state index contributed by atoms with van der Waals surface area (Å²) in [4.78, 5) is 35.5. The topological polar surface area (TPSA) is 89.9 Å². The molecule has 3 aromatic heterocycles. The lowest BCUT2D eigenvalue weighted by molar-refractivity contribution is 0.0964. The molecule has 32 heavy (non-hydrogen) atoms. The smallest absolute Gasteiger partial charge is 0.283 e. The van der Waals surface area contributed by atoms with Gasteiger partial charge in [-0.15, -0.1) is 0 Å². The van der Waals surface area contributed by atoms with Gasteiger partial charge in [0, 0.05) is 18.2 Å². The zero-order valence-corrected chi connectivity index (χ0v) is 18.0. The first-order valence-corrected chi connectivity index (χ1v) is 11.1. The van der Waals surface area contributed by atoms with Gasteiger partial charge in [-0.2, -0.15) is 4.68 Å². The number of thiazole rings is 1. The Morgan fingerprint density at radius 3 is 2.75 bits per heavy atom. The highest BCUT2D eigenvalue weighted by Crippen LogP contribution is 2.38. The van der Waals surface area contributed by atoms with Gasteiger partial charge in [-0.05, 0) is 41.7 Å². The highest BCUT2D eigenvalue weighted by Gasteiger charge is 2.31. The Bertz CT molecular complexity index is 1550. The van der Waals surface area contributed by atoms with Gasteiger partial charge in [-0.3, -0.25) is 14.7 Å². The van der Waals surface area contributed by atoms with E-state index in [9.17, 15) is 9.59 Å². The number of H-pyrrole nitrogens is 1. The molecule has 0 fully saturated rings. The summed E-state index contributed by atoms with van der Waals surface area (Å²) in [6, 6.07) is 15.5. The molecule has 0 bridgehead atoms. The lowest BCUT2D eigenvalue weighted by Crippen LogP contribution is -2.22. The van der Waals surface area contributed by atoms with Crippen molar-refractivity contribution in [3.63, 3.8) is 0 Å². The first-order chi connectivity index (χ1) is 15.6. The Hall–Kier alpha value is -3.78. The maximum Gasteiger partial charge on any atom is 0.283 e. The second-order valence-corrected chi connectivity index (χ2v) is 8.87. The Labute approximate surface area is 186 Å². The van der Waals surface area contributed by atoms with Crippen molar-refractivity contribution in [1.82, 2.24) is 19.7 Å². The number of nitrogens with zero attached hydrogens (tertiary/aromatic N) is 3.